The van der Waals surface area contributed by atoms with E-state index < -0.39 is 48.8 Å². The maximum Gasteiger partial charge on any atom is 1.00 e. The Morgan fingerprint density at radius 3 is 1.85 bits per heavy atom. The Balaban J connectivity index is 0.00000544. The Morgan fingerprint density at radius 2 is 1.42 bits per heavy atom. The molecule has 0 aliphatic carbocycles. The molecule has 0 unspecified atom stereocenters. The second kappa shape index (κ2) is 10.7. The number of carbonyl (C=O) groups excluding carboxylic acids is 1. The minimum atomic E-state index is -4.86. The summed E-state index contributed by atoms with van der Waals surface area (Å²) in [6, 6.07) is 6.65. The molecule has 5 N–H and O–H groups in total. The summed E-state index contributed by atoms with van der Waals surface area (Å²) < 4.78 is 77.4. The van der Waals surface area contributed by atoms with Crippen molar-refractivity contribution in [1.29, 1.82) is 0 Å². The van der Waals surface area contributed by atoms with Crippen molar-refractivity contribution < 1.29 is 76.1 Å². The number of carbonyl (C=O) groups is 1. The van der Waals surface area contributed by atoms with Crippen LogP contribution >= 0.6 is 7.60 Å². The summed E-state index contributed by atoms with van der Waals surface area (Å²) in [5.41, 5.74) is -0.379. The fourth-order valence-electron chi connectivity index (χ4n) is 2.60. The largest absolute Gasteiger partial charge is 1.00 e. The molecule has 0 saturated carbocycles. The maximum absolute atomic E-state index is 11.8. The van der Waals surface area contributed by atoms with E-state index in [-0.39, 0.29) is 53.4 Å². The van der Waals surface area contributed by atoms with Gasteiger partial charge in [0.25, 0.3) is 20.2 Å². The van der Waals surface area contributed by atoms with E-state index in [1.165, 1.54) is 19.1 Å². The normalized spacial score (nSPS) is 12.3. The van der Waals surface area contributed by atoms with Crippen molar-refractivity contribution in [2.24, 2.45) is 0 Å². The Kier molecular flexibility index (Phi) is 9.57. The minimum absolute atomic E-state index is 0. The third-order valence-electron chi connectivity index (χ3n) is 4.03. The molecule has 0 bridgehead atoms. The van der Waals surface area contributed by atoms with Crippen molar-refractivity contribution in [2.45, 2.75) is 16.7 Å². The summed E-state index contributed by atoms with van der Waals surface area (Å²) in [6.45, 7) is 4.42. The fraction of sp³-hybridized carbons (Fsp3) is 0.0556. The van der Waals surface area contributed by atoms with Crippen LogP contribution in [0.1, 0.15) is 25.0 Å². The van der Waals surface area contributed by atoms with E-state index in [4.69, 9.17) is 0 Å². The summed E-state index contributed by atoms with van der Waals surface area (Å²) in [5.74, 6) is -0.482. The van der Waals surface area contributed by atoms with Gasteiger partial charge in [-0.1, -0.05) is 36.9 Å². The van der Waals surface area contributed by atoms with Gasteiger partial charge in [-0.25, -0.2) is 0 Å². The summed E-state index contributed by atoms with van der Waals surface area (Å²) in [6.07, 6.45) is 2.23. The maximum atomic E-state index is 11.8. The van der Waals surface area contributed by atoms with Gasteiger partial charge in [-0.2, -0.15) is 16.8 Å². The quantitative estimate of drug-likeness (QED) is 0.136. The Bertz CT molecular complexity index is 1400. The van der Waals surface area contributed by atoms with Crippen LogP contribution in [0.3, 0.4) is 0 Å². The molecule has 1 amide bonds. The van der Waals surface area contributed by atoms with Crippen LogP contribution in [0.5, 0.6) is 0 Å². The molecule has 0 spiro atoms. The van der Waals surface area contributed by atoms with Gasteiger partial charge in [-0.05, 0) is 34.9 Å². The van der Waals surface area contributed by atoms with Crippen LogP contribution in [0.4, 0.5) is 5.69 Å². The molecule has 174 valence electrons. The van der Waals surface area contributed by atoms with Gasteiger partial charge in [-0.15, -0.1) is 0 Å². The zero-order valence-corrected chi connectivity index (χ0v) is 21.9. The number of amides is 1. The second-order valence-corrected chi connectivity index (χ2v) is 10.9. The standard InChI is InChI=1S/C18H18NO10PS2.Na.H/c1-11(30(21,22)23)15-6-5-13(17(9-15)31(24,25)26)3-4-14-7-8-16(19-12(2)20)10-18(14)32(27,28)29;;/h3-10H,1H2,2H3,(H,19,20)(H2,21,22,23)(H,24,25,26)(H,27,28,29);;/q;+1;-1. The first kappa shape index (κ1) is 29.4. The van der Waals surface area contributed by atoms with Gasteiger partial charge < -0.3 is 16.5 Å². The Hall–Kier alpha value is -1.64. The van der Waals surface area contributed by atoms with Crippen LogP contribution in [0, 0.1) is 0 Å². The van der Waals surface area contributed by atoms with Crippen molar-refractivity contribution in [3.63, 3.8) is 0 Å². The van der Waals surface area contributed by atoms with E-state index in [1.54, 1.807) is 0 Å². The SMILES string of the molecule is C=C(c1ccc(C=Cc2ccc(NC(C)=O)cc2S(=O)(=O)O)c(S(=O)(=O)O)c1)P(=O)(O)O.[H-].[Na+]. The molecule has 15 heteroatoms. The smallest absolute Gasteiger partial charge is 1.00 e. The molecule has 2 aromatic carbocycles. The van der Waals surface area contributed by atoms with Gasteiger partial charge in [-0.3, -0.25) is 18.5 Å². The summed E-state index contributed by atoms with van der Waals surface area (Å²) in [7, 11) is -14.4. The average Bonchev–Trinajstić information content (AvgIpc) is 2.63. The molecule has 33 heavy (non-hydrogen) atoms. The molecule has 11 nitrogen and oxygen atoms in total. The molecule has 0 aliphatic rings. The Labute approximate surface area is 213 Å². The number of rotatable bonds is 7. The predicted octanol–water partition coefficient (Wildman–Crippen LogP) is -0.426. The first-order chi connectivity index (χ1) is 14.5. The van der Waals surface area contributed by atoms with Crippen LogP contribution in [-0.4, -0.2) is 41.6 Å². The van der Waals surface area contributed by atoms with E-state index in [0.29, 0.717) is 0 Å². The zero-order chi connectivity index (χ0) is 24.5. The number of benzene rings is 2. The molecule has 0 aliphatic heterocycles. The zero-order valence-electron chi connectivity index (χ0n) is 18.3. The number of anilines is 1. The number of hydrogen-bond donors (Lipinski definition) is 5. The van der Waals surface area contributed by atoms with E-state index in [1.807, 2.05) is 0 Å². The Morgan fingerprint density at radius 1 is 0.970 bits per heavy atom. The molecule has 0 heterocycles. The van der Waals surface area contributed by atoms with Gasteiger partial charge in [0.05, 0.1) is 5.31 Å². The van der Waals surface area contributed by atoms with Crippen molar-refractivity contribution in [3.8, 4) is 0 Å². The van der Waals surface area contributed by atoms with Gasteiger partial charge in [0, 0.05) is 12.6 Å². The molecule has 0 atom stereocenters. The number of hydrogen-bond acceptors (Lipinski definition) is 6. The van der Waals surface area contributed by atoms with E-state index in [9.17, 15) is 45.1 Å². The first-order valence-corrected chi connectivity index (χ1v) is 12.9. The molecule has 0 saturated heterocycles. The minimum Gasteiger partial charge on any atom is -1.00 e. The molecule has 2 rings (SSSR count). The third kappa shape index (κ3) is 7.97. The van der Waals surface area contributed by atoms with Crippen molar-refractivity contribution in [2.75, 3.05) is 5.32 Å². The van der Waals surface area contributed by atoms with Crippen molar-refractivity contribution in [1.82, 2.24) is 0 Å². The van der Waals surface area contributed by atoms with Gasteiger partial charge in [0.2, 0.25) is 5.91 Å². The van der Waals surface area contributed by atoms with Gasteiger partial charge >= 0.3 is 37.2 Å². The van der Waals surface area contributed by atoms with Gasteiger partial charge in [0.1, 0.15) is 9.79 Å². The van der Waals surface area contributed by atoms with Gasteiger partial charge in [0.15, 0.2) is 0 Å². The number of nitrogens with one attached hydrogen (secondary N) is 1. The fourth-order valence-corrected chi connectivity index (χ4v) is 4.49. The second-order valence-electron chi connectivity index (χ2n) is 6.46. The van der Waals surface area contributed by atoms with E-state index >= 15 is 0 Å². The molecular formula is C18H19NNaO10PS2. The summed E-state index contributed by atoms with van der Waals surface area (Å²) in [5, 5.41) is 1.69. The van der Waals surface area contributed by atoms with E-state index in [0.717, 1.165) is 36.4 Å². The molecule has 0 radical (unpaired) electrons. The molecule has 0 fully saturated rings. The molecule has 0 aromatic heterocycles. The average molecular weight is 527 g/mol. The van der Waals surface area contributed by atoms with Crippen molar-refractivity contribution >= 4 is 56.9 Å². The first-order valence-electron chi connectivity index (χ1n) is 8.44. The van der Waals surface area contributed by atoms with Crippen LogP contribution in [0.25, 0.3) is 17.5 Å². The summed E-state index contributed by atoms with van der Waals surface area (Å²) >= 11 is 0. The predicted molar refractivity (Wildman–Crippen MR) is 118 cm³/mol. The summed E-state index contributed by atoms with van der Waals surface area (Å²) in [4.78, 5) is 28.3. The molecular weight excluding hydrogens is 508 g/mol. The van der Waals surface area contributed by atoms with Crippen LogP contribution in [0.2, 0.25) is 0 Å². The third-order valence-corrected chi connectivity index (χ3v) is 6.81. The van der Waals surface area contributed by atoms with Crippen LogP contribution in [0.15, 0.2) is 52.8 Å². The molecule has 2 aromatic rings. The van der Waals surface area contributed by atoms with Crippen molar-refractivity contribution in [3.05, 3.63) is 59.7 Å². The topological polar surface area (TPSA) is 195 Å². The van der Waals surface area contributed by atoms with Crippen LogP contribution in [-0.2, 0) is 29.6 Å². The van der Waals surface area contributed by atoms with Crippen LogP contribution < -0.4 is 34.9 Å². The van der Waals surface area contributed by atoms with E-state index in [2.05, 4.69) is 11.9 Å². The monoisotopic (exact) mass is 527 g/mol.